The number of carbonyl (C=O) groups excluding carboxylic acids is 1. The zero-order valence-corrected chi connectivity index (χ0v) is 14.5. The van der Waals surface area contributed by atoms with E-state index in [-0.39, 0.29) is 11.7 Å². The molecule has 2 aromatic carbocycles. The molecule has 3 aromatic rings. The molecule has 26 heavy (non-hydrogen) atoms. The van der Waals surface area contributed by atoms with Crippen LogP contribution in [0.4, 0.5) is 4.39 Å². The second kappa shape index (κ2) is 6.75. The van der Waals surface area contributed by atoms with Gasteiger partial charge in [-0.2, -0.15) is 0 Å². The van der Waals surface area contributed by atoms with Gasteiger partial charge in [0.1, 0.15) is 17.3 Å². The van der Waals surface area contributed by atoms with Crippen molar-refractivity contribution in [3.63, 3.8) is 0 Å². The molecule has 4 rings (SSSR count). The van der Waals surface area contributed by atoms with Crippen LogP contribution in [-0.2, 0) is 6.54 Å². The Labute approximate surface area is 151 Å². The lowest BCUT2D eigenvalue weighted by Crippen LogP contribution is -2.26. The first kappa shape index (κ1) is 16.5. The van der Waals surface area contributed by atoms with Gasteiger partial charge < -0.3 is 9.42 Å². The second-order valence-electron chi connectivity index (χ2n) is 6.74. The summed E-state index contributed by atoms with van der Waals surface area (Å²) in [6.07, 6.45) is 2.30. The Morgan fingerprint density at radius 1 is 1.15 bits per heavy atom. The van der Waals surface area contributed by atoms with E-state index in [1.165, 1.54) is 12.1 Å². The summed E-state index contributed by atoms with van der Waals surface area (Å²) in [5, 5.41) is 4.06. The third-order valence-electron chi connectivity index (χ3n) is 4.59. The van der Waals surface area contributed by atoms with Crippen molar-refractivity contribution in [2.75, 3.05) is 7.05 Å². The highest BCUT2D eigenvalue weighted by Crippen LogP contribution is 2.40. The Morgan fingerprint density at radius 3 is 2.65 bits per heavy atom. The van der Waals surface area contributed by atoms with Crippen molar-refractivity contribution < 1.29 is 13.7 Å². The number of aromatic nitrogens is 1. The predicted molar refractivity (Wildman–Crippen MR) is 96.1 cm³/mol. The molecular formula is C21H19FN2O2. The molecule has 1 amide bonds. The SMILES string of the molecule is CN(Cc1cc(C2CC2)on1)C(=O)c1cccc(-c2ccc(F)cc2)c1. The second-order valence-corrected chi connectivity index (χ2v) is 6.74. The van der Waals surface area contributed by atoms with Crippen LogP contribution in [0.3, 0.4) is 0 Å². The average Bonchev–Trinajstić information content (AvgIpc) is 3.41. The van der Waals surface area contributed by atoms with Gasteiger partial charge in [0, 0.05) is 24.6 Å². The normalized spacial score (nSPS) is 13.6. The first-order valence-corrected chi connectivity index (χ1v) is 8.67. The van der Waals surface area contributed by atoms with E-state index in [0.717, 1.165) is 35.4 Å². The van der Waals surface area contributed by atoms with E-state index >= 15 is 0 Å². The lowest BCUT2D eigenvalue weighted by Gasteiger charge is -2.16. The van der Waals surface area contributed by atoms with Crippen LogP contribution in [0.25, 0.3) is 11.1 Å². The number of hydrogen-bond acceptors (Lipinski definition) is 3. The standard InChI is InChI=1S/C21H19FN2O2/c1-24(13-19-12-20(26-23-19)15-5-6-15)21(25)17-4-2-3-16(11-17)14-7-9-18(22)10-8-14/h2-4,7-12,15H,5-6,13H2,1H3. The number of halogens is 1. The van der Waals surface area contributed by atoms with Gasteiger partial charge in [0.25, 0.3) is 5.91 Å². The number of carbonyl (C=O) groups is 1. The van der Waals surface area contributed by atoms with Crippen molar-refractivity contribution in [3.05, 3.63) is 77.4 Å². The summed E-state index contributed by atoms with van der Waals surface area (Å²) in [6.45, 7) is 0.399. The molecule has 0 radical (unpaired) electrons. The van der Waals surface area contributed by atoms with E-state index in [4.69, 9.17) is 4.52 Å². The van der Waals surface area contributed by atoms with E-state index in [1.54, 1.807) is 30.1 Å². The quantitative estimate of drug-likeness (QED) is 0.674. The van der Waals surface area contributed by atoms with Crippen LogP contribution in [-0.4, -0.2) is 23.0 Å². The molecule has 0 bridgehead atoms. The Morgan fingerprint density at radius 2 is 1.92 bits per heavy atom. The van der Waals surface area contributed by atoms with E-state index < -0.39 is 0 Å². The van der Waals surface area contributed by atoms with Crippen LogP contribution < -0.4 is 0 Å². The zero-order valence-electron chi connectivity index (χ0n) is 14.5. The minimum Gasteiger partial charge on any atom is -0.361 e. The van der Waals surface area contributed by atoms with Crippen LogP contribution in [0.2, 0.25) is 0 Å². The van der Waals surface area contributed by atoms with Crippen LogP contribution in [0.5, 0.6) is 0 Å². The fourth-order valence-corrected chi connectivity index (χ4v) is 2.97. The average molecular weight is 350 g/mol. The summed E-state index contributed by atoms with van der Waals surface area (Å²) in [6, 6.07) is 15.5. The largest absolute Gasteiger partial charge is 0.361 e. The van der Waals surface area contributed by atoms with Gasteiger partial charge in [0.15, 0.2) is 0 Å². The first-order chi connectivity index (χ1) is 12.6. The highest BCUT2D eigenvalue weighted by atomic mass is 19.1. The van der Waals surface area contributed by atoms with Gasteiger partial charge in [-0.05, 0) is 48.2 Å². The molecule has 0 aliphatic heterocycles. The maximum atomic E-state index is 13.1. The number of hydrogen-bond donors (Lipinski definition) is 0. The molecule has 0 saturated heterocycles. The van der Waals surface area contributed by atoms with E-state index in [1.807, 2.05) is 24.3 Å². The maximum absolute atomic E-state index is 13.1. The molecular weight excluding hydrogens is 331 g/mol. The molecule has 0 unspecified atom stereocenters. The van der Waals surface area contributed by atoms with Gasteiger partial charge >= 0.3 is 0 Å². The molecule has 1 fully saturated rings. The number of amides is 1. The molecule has 1 aromatic heterocycles. The fraction of sp³-hybridized carbons (Fsp3) is 0.238. The third-order valence-corrected chi connectivity index (χ3v) is 4.59. The predicted octanol–water partition coefficient (Wildman–Crippen LogP) is 4.63. The molecule has 132 valence electrons. The molecule has 4 nitrogen and oxygen atoms in total. The number of benzene rings is 2. The summed E-state index contributed by atoms with van der Waals surface area (Å²) in [4.78, 5) is 14.4. The summed E-state index contributed by atoms with van der Waals surface area (Å²) >= 11 is 0. The van der Waals surface area contributed by atoms with Gasteiger partial charge in [-0.15, -0.1) is 0 Å². The fourth-order valence-electron chi connectivity index (χ4n) is 2.97. The molecule has 0 spiro atoms. The number of nitrogens with zero attached hydrogens (tertiary/aromatic N) is 2. The van der Waals surface area contributed by atoms with Crippen molar-refractivity contribution in [2.24, 2.45) is 0 Å². The van der Waals surface area contributed by atoms with E-state index in [2.05, 4.69) is 5.16 Å². The van der Waals surface area contributed by atoms with Gasteiger partial charge in [0.05, 0.1) is 6.54 Å². The van der Waals surface area contributed by atoms with Crippen molar-refractivity contribution in [3.8, 4) is 11.1 Å². The smallest absolute Gasteiger partial charge is 0.253 e. The maximum Gasteiger partial charge on any atom is 0.253 e. The monoisotopic (exact) mass is 350 g/mol. The summed E-state index contributed by atoms with van der Waals surface area (Å²) < 4.78 is 18.4. The Kier molecular flexibility index (Phi) is 4.29. The lowest BCUT2D eigenvalue weighted by atomic mass is 10.0. The van der Waals surface area contributed by atoms with Gasteiger partial charge in [0.2, 0.25) is 0 Å². The molecule has 0 N–H and O–H groups in total. The summed E-state index contributed by atoms with van der Waals surface area (Å²) in [5.74, 6) is 1.05. The Hall–Kier alpha value is -2.95. The molecule has 5 heteroatoms. The van der Waals surface area contributed by atoms with E-state index in [0.29, 0.717) is 18.0 Å². The van der Waals surface area contributed by atoms with Crippen molar-refractivity contribution in [2.45, 2.75) is 25.3 Å². The minimum absolute atomic E-state index is 0.0927. The highest BCUT2D eigenvalue weighted by Gasteiger charge is 2.28. The summed E-state index contributed by atoms with van der Waals surface area (Å²) in [7, 11) is 1.75. The first-order valence-electron chi connectivity index (χ1n) is 8.67. The topological polar surface area (TPSA) is 46.3 Å². The van der Waals surface area contributed by atoms with E-state index in [9.17, 15) is 9.18 Å². The van der Waals surface area contributed by atoms with Crippen molar-refractivity contribution in [1.29, 1.82) is 0 Å². The molecule has 1 aliphatic carbocycles. The molecule has 1 aliphatic rings. The minimum atomic E-state index is -0.279. The Bertz CT molecular complexity index is 929. The van der Waals surface area contributed by atoms with Crippen LogP contribution >= 0.6 is 0 Å². The molecule has 1 heterocycles. The van der Waals surface area contributed by atoms with Crippen LogP contribution in [0.1, 0.15) is 40.6 Å². The molecule has 0 atom stereocenters. The lowest BCUT2D eigenvalue weighted by molar-refractivity contribution is 0.0782. The van der Waals surface area contributed by atoms with Crippen molar-refractivity contribution >= 4 is 5.91 Å². The van der Waals surface area contributed by atoms with Crippen LogP contribution in [0.15, 0.2) is 59.1 Å². The van der Waals surface area contributed by atoms with Crippen LogP contribution in [0, 0.1) is 5.82 Å². The zero-order chi connectivity index (χ0) is 18.1. The van der Waals surface area contributed by atoms with Gasteiger partial charge in [-0.1, -0.05) is 29.4 Å². The van der Waals surface area contributed by atoms with Gasteiger partial charge in [-0.3, -0.25) is 4.79 Å². The molecule has 1 saturated carbocycles. The highest BCUT2D eigenvalue weighted by molar-refractivity contribution is 5.95. The van der Waals surface area contributed by atoms with Gasteiger partial charge in [-0.25, -0.2) is 4.39 Å². The third kappa shape index (κ3) is 3.52. The van der Waals surface area contributed by atoms with Crippen molar-refractivity contribution in [1.82, 2.24) is 10.1 Å². The Balaban J connectivity index is 1.49. The number of rotatable bonds is 5. The summed E-state index contributed by atoms with van der Waals surface area (Å²) in [5.41, 5.74) is 3.09.